The van der Waals surface area contributed by atoms with Crippen molar-refractivity contribution in [3.63, 3.8) is 0 Å². The lowest BCUT2D eigenvalue weighted by Crippen LogP contribution is -2.13. The summed E-state index contributed by atoms with van der Waals surface area (Å²) in [6, 6.07) is 10.9. The first-order chi connectivity index (χ1) is 8.99. The van der Waals surface area contributed by atoms with Crippen LogP contribution in [0.2, 0.25) is 5.02 Å². The molecule has 2 aromatic rings. The number of carbonyl (C=O) groups is 1. The van der Waals surface area contributed by atoms with E-state index in [1.54, 1.807) is 18.2 Å². The number of nitrogens with one attached hydrogen (secondary N) is 1. The Balaban J connectivity index is 2.28. The van der Waals surface area contributed by atoms with Gasteiger partial charge in [-0.2, -0.15) is 0 Å². The third-order valence-electron chi connectivity index (χ3n) is 2.90. The zero-order valence-corrected chi connectivity index (χ0v) is 11.6. The molecule has 0 spiro atoms. The molecular formula is C15H15ClN2O. The van der Waals surface area contributed by atoms with Crippen LogP contribution in [0.4, 0.5) is 11.4 Å². The molecule has 0 atom stereocenters. The smallest absolute Gasteiger partial charge is 0.257 e. The van der Waals surface area contributed by atoms with Crippen LogP contribution >= 0.6 is 11.6 Å². The summed E-state index contributed by atoms with van der Waals surface area (Å²) in [5, 5.41) is 3.13. The first kappa shape index (κ1) is 13.4. The predicted octanol–water partition coefficient (Wildman–Crippen LogP) is 3.79. The third-order valence-corrected chi connectivity index (χ3v) is 3.33. The molecule has 3 N–H and O–H groups in total. The number of anilines is 2. The number of rotatable bonds is 2. The number of nitrogen functional groups attached to an aromatic ring is 1. The molecule has 1 amide bonds. The van der Waals surface area contributed by atoms with Crippen molar-refractivity contribution in [3.05, 3.63) is 58.1 Å². The molecule has 98 valence electrons. The van der Waals surface area contributed by atoms with E-state index in [2.05, 4.69) is 5.32 Å². The second kappa shape index (κ2) is 5.33. The molecule has 0 aliphatic carbocycles. The highest BCUT2D eigenvalue weighted by Gasteiger charge is 2.13. The van der Waals surface area contributed by atoms with Gasteiger partial charge in [0.1, 0.15) is 0 Å². The summed E-state index contributed by atoms with van der Waals surface area (Å²) in [4.78, 5) is 12.2. The van der Waals surface area contributed by atoms with E-state index < -0.39 is 0 Å². The second-order valence-electron chi connectivity index (χ2n) is 4.48. The molecule has 0 aliphatic heterocycles. The Kier molecular flexibility index (Phi) is 3.76. The highest BCUT2D eigenvalue weighted by Crippen LogP contribution is 2.24. The van der Waals surface area contributed by atoms with Crippen LogP contribution in [0.3, 0.4) is 0 Å². The lowest BCUT2D eigenvalue weighted by Gasteiger charge is -2.10. The highest BCUT2D eigenvalue weighted by molar-refractivity contribution is 6.36. The van der Waals surface area contributed by atoms with Crippen LogP contribution in [0.25, 0.3) is 0 Å². The Morgan fingerprint density at radius 2 is 1.95 bits per heavy atom. The summed E-state index contributed by atoms with van der Waals surface area (Å²) in [6.45, 7) is 3.96. The zero-order valence-electron chi connectivity index (χ0n) is 10.8. The van der Waals surface area contributed by atoms with E-state index in [0.29, 0.717) is 11.3 Å². The molecule has 0 heterocycles. The number of hydrogen-bond donors (Lipinski definition) is 2. The van der Waals surface area contributed by atoms with Crippen LogP contribution in [0, 0.1) is 13.8 Å². The average molecular weight is 275 g/mol. The lowest BCUT2D eigenvalue weighted by molar-refractivity contribution is 0.102. The fraction of sp³-hybridized carbons (Fsp3) is 0.133. The van der Waals surface area contributed by atoms with Gasteiger partial charge in [-0.3, -0.25) is 4.79 Å². The summed E-state index contributed by atoms with van der Waals surface area (Å²) < 4.78 is 0. The minimum absolute atomic E-state index is 0.260. The van der Waals surface area contributed by atoms with Crippen LogP contribution in [0.5, 0.6) is 0 Å². The topological polar surface area (TPSA) is 55.1 Å². The summed E-state index contributed by atoms with van der Waals surface area (Å²) in [7, 11) is 0. The Hall–Kier alpha value is -2.00. The highest BCUT2D eigenvalue weighted by atomic mass is 35.5. The molecule has 0 unspecified atom stereocenters. The minimum Gasteiger partial charge on any atom is -0.398 e. The van der Waals surface area contributed by atoms with Crippen LogP contribution in [0.1, 0.15) is 21.5 Å². The van der Waals surface area contributed by atoms with E-state index in [-0.39, 0.29) is 10.9 Å². The van der Waals surface area contributed by atoms with Crippen molar-refractivity contribution < 1.29 is 4.79 Å². The first-order valence-electron chi connectivity index (χ1n) is 5.91. The Morgan fingerprint density at radius 3 is 2.63 bits per heavy atom. The molecule has 2 aromatic carbocycles. The van der Waals surface area contributed by atoms with E-state index in [1.165, 1.54) is 0 Å². The summed E-state index contributed by atoms with van der Waals surface area (Å²) in [5.41, 5.74) is 9.39. The number of nitrogens with two attached hydrogens (primary N) is 1. The van der Waals surface area contributed by atoms with Gasteiger partial charge in [-0.25, -0.2) is 0 Å². The monoisotopic (exact) mass is 274 g/mol. The third kappa shape index (κ3) is 2.88. The Labute approximate surface area is 117 Å². The number of amides is 1. The number of benzene rings is 2. The van der Waals surface area contributed by atoms with Crippen molar-refractivity contribution in [1.82, 2.24) is 0 Å². The van der Waals surface area contributed by atoms with E-state index in [9.17, 15) is 4.79 Å². The van der Waals surface area contributed by atoms with Gasteiger partial charge in [-0.1, -0.05) is 35.4 Å². The van der Waals surface area contributed by atoms with Crippen molar-refractivity contribution >= 4 is 28.9 Å². The molecule has 2 rings (SSSR count). The lowest BCUT2D eigenvalue weighted by atomic mass is 10.1. The van der Waals surface area contributed by atoms with Crippen molar-refractivity contribution in [2.45, 2.75) is 13.8 Å². The van der Waals surface area contributed by atoms with Gasteiger partial charge in [-0.05, 0) is 37.6 Å². The standard InChI is InChI=1S/C15H15ClN2O/c1-9-6-7-13(10(2)8-9)18-15(19)11-4-3-5-12(17)14(11)16/h3-8H,17H2,1-2H3,(H,18,19). The molecule has 0 bridgehead atoms. The largest absolute Gasteiger partial charge is 0.398 e. The van der Waals surface area contributed by atoms with Crippen molar-refractivity contribution in [1.29, 1.82) is 0 Å². The molecule has 0 fully saturated rings. The van der Waals surface area contributed by atoms with Gasteiger partial charge in [-0.15, -0.1) is 0 Å². The Bertz CT molecular complexity index is 638. The Morgan fingerprint density at radius 1 is 1.21 bits per heavy atom. The van der Waals surface area contributed by atoms with E-state index in [1.807, 2.05) is 32.0 Å². The molecule has 3 nitrogen and oxygen atoms in total. The summed E-state index contributed by atoms with van der Waals surface area (Å²) in [6.07, 6.45) is 0. The van der Waals surface area contributed by atoms with Gasteiger partial charge in [0.2, 0.25) is 0 Å². The molecule has 0 radical (unpaired) electrons. The number of carbonyl (C=O) groups excluding carboxylic acids is 1. The van der Waals surface area contributed by atoms with Crippen molar-refractivity contribution in [2.75, 3.05) is 11.1 Å². The van der Waals surface area contributed by atoms with Gasteiger partial charge >= 0.3 is 0 Å². The maximum absolute atomic E-state index is 12.2. The van der Waals surface area contributed by atoms with Crippen molar-refractivity contribution in [3.8, 4) is 0 Å². The average Bonchev–Trinajstić information content (AvgIpc) is 2.36. The number of halogens is 1. The number of aryl methyl sites for hydroxylation is 2. The van der Waals surface area contributed by atoms with Crippen LogP contribution in [-0.4, -0.2) is 5.91 Å². The molecule has 0 saturated carbocycles. The summed E-state index contributed by atoms with van der Waals surface area (Å²) >= 11 is 6.03. The SMILES string of the molecule is Cc1ccc(NC(=O)c2cccc(N)c2Cl)c(C)c1. The summed E-state index contributed by atoms with van der Waals surface area (Å²) in [5.74, 6) is -0.260. The van der Waals surface area contributed by atoms with Gasteiger partial charge in [0.05, 0.1) is 16.3 Å². The molecular weight excluding hydrogens is 260 g/mol. The maximum Gasteiger partial charge on any atom is 0.257 e. The molecule has 19 heavy (non-hydrogen) atoms. The normalized spacial score (nSPS) is 10.3. The van der Waals surface area contributed by atoms with E-state index in [4.69, 9.17) is 17.3 Å². The van der Waals surface area contributed by atoms with Crippen LogP contribution < -0.4 is 11.1 Å². The zero-order chi connectivity index (χ0) is 14.0. The van der Waals surface area contributed by atoms with E-state index >= 15 is 0 Å². The maximum atomic E-state index is 12.2. The molecule has 0 aromatic heterocycles. The number of hydrogen-bond acceptors (Lipinski definition) is 2. The molecule has 0 saturated heterocycles. The quantitative estimate of drug-likeness (QED) is 0.819. The van der Waals surface area contributed by atoms with Crippen LogP contribution in [-0.2, 0) is 0 Å². The predicted molar refractivity (Wildman–Crippen MR) is 79.7 cm³/mol. The fourth-order valence-corrected chi connectivity index (χ4v) is 2.08. The second-order valence-corrected chi connectivity index (χ2v) is 4.86. The van der Waals surface area contributed by atoms with Crippen molar-refractivity contribution in [2.24, 2.45) is 0 Å². The van der Waals surface area contributed by atoms with E-state index in [0.717, 1.165) is 16.8 Å². The first-order valence-corrected chi connectivity index (χ1v) is 6.29. The van der Waals surface area contributed by atoms with Gasteiger partial charge < -0.3 is 11.1 Å². The van der Waals surface area contributed by atoms with Gasteiger partial charge in [0.25, 0.3) is 5.91 Å². The van der Waals surface area contributed by atoms with Gasteiger partial charge in [0, 0.05) is 5.69 Å². The molecule has 4 heteroatoms. The molecule has 0 aliphatic rings. The van der Waals surface area contributed by atoms with Crippen LogP contribution in [0.15, 0.2) is 36.4 Å². The fourth-order valence-electron chi connectivity index (χ4n) is 1.87. The minimum atomic E-state index is -0.260. The van der Waals surface area contributed by atoms with Gasteiger partial charge in [0.15, 0.2) is 0 Å².